The van der Waals surface area contributed by atoms with E-state index in [4.69, 9.17) is 0 Å². The standard InChI is InChI=1S/C11H14F3N3O3S/c1-21(19,20)17-9-4-2-3-8(5-9)16-10(18)6-15-7-11(12,13)14/h2-5,15,17H,6-7H2,1H3,(H,16,18). The van der Waals surface area contributed by atoms with Crippen LogP contribution in [0.2, 0.25) is 0 Å². The van der Waals surface area contributed by atoms with Crippen LogP contribution in [0.25, 0.3) is 0 Å². The van der Waals surface area contributed by atoms with E-state index in [1.54, 1.807) is 0 Å². The Bertz CT molecular complexity index is 602. The Hall–Kier alpha value is -1.81. The van der Waals surface area contributed by atoms with Gasteiger partial charge in [0.1, 0.15) is 0 Å². The quantitative estimate of drug-likeness (QED) is 0.732. The summed E-state index contributed by atoms with van der Waals surface area (Å²) >= 11 is 0. The summed E-state index contributed by atoms with van der Waals surface area (Å²) in [7, 11) is -3.45. The van der Waals surface area contributed by atoms with Gasteiger partial charge in [-0.1, -0.05) is 6.07 Å². The highest BCUT2D eigenvalue weighted by molar-refractivity contribution is 7.92. The Morgan fingerprint density at radius 2 is 1.86 bits per heavy atom. The number of amides is 1. The number of hydrogen-bond acceptors (Lipinski definition) is 4. The maximum absolute atomic E-state index is 11.9. The van der Waals surface area contributed by atoms with Crippen molar-refractivity contribution in [2.24, 2.45) is 0 Å². The van der Waals surface area contributed by atoms with E-state index in [0.717, 1.165) is 6.26 Å². The topological polar surface area (TPSA) is 87.3 Å². The predicted octanol–water partition coefficient (Wildman–Crippen LogP) is 1.15. The first-order valence-corrected chi connectivity index (χ1v) is 7.59. The van der Waals surface area contributed by atoms with Crippen LogP contribution in [-0.4, -0.2) is 39.8 Å². The van der Waals surface area contributed by atoms with Crippen molar-refractivity contribution < 1.29 is 26.4 Å². The number of carbonyl (C=O) groups excluding carboxylic acids is 1. The number of rotatable bonds is 6. The van der Waals surface area contributed by atoms with E-state index in [9.17, 15) is 26.4 Å². The molecule has 0 bridgehead atoms. The molecule has 0 radical (unpaired) electrons. The molecule has 0 heterocycles. The molecule has 21 heavy (non-hydrogen) atoms. The van der Waals surface area contributed by atoms with Gasteiger partial charge in [-0.25, -0.2) is 8.42 Å². The average molecular weight is 325 g/mol. The molecule has 1 rings (SSSR count). The molecule has 1 amide bonds. The van der Waals surface area contributed by atoms with Gasteiger partial charge in [-0.3, -0.25) is 9.52 Å². The molecule has 3 N–H and O–H groups in total. The number of nitrogens with one attached hydrogen (secondary N) is 3. The Morgan fingerprint density at radius 3 is 2.43 bits per heavy atom. The van der Waals surface area contributed by atoms with Crippen LogP contribution in [-0.2, 0) is 14.8 Å². The third-order valence-electron chi connectivity index (χ3n) is 2.06. The molecule has 10 heteroatoms. The van der Waals surface area contributed by atoms with Crippen molar-refractivity contribution in [3.63, 3.8) is 0 Å². The van der Waals surface area contributed by atoms with Gasteiger partial charge in [0.25, 0.3) is 0 Å². The number of anilines is 2. The van der Waals surface area contributed by atoms with E-state index >= 15 is 0 Å². The smallest absolute Gasteiger partial charge is 0.325 e. The molecular weight excluding hydrogens is 311 g/mol. The molecule has 0 spiro atoms. The normalized spacial score (nSPS) is 12.0. The fraction of sp³-hybridized carbons (Fsp3) is 0.364. The lowest BCUT2D eigenvalue weighted by Crippen LogP contribution is -2.35. The first-order chi connectivity index (χ1) is 9.55. The molecule has 0 aromatic heterocycles. The molecule has 0 unspecified atom stereocenters. The summed E-state index contributed by atoms with van der Waals surface area (Å²) in [4.78, 5) is 11.4. The van der Waals surface area contributed by atoms with Gasteiger partial charge in [0.05, 0.1) is 25.0 Å². The van der Waals surface area contributed by atoms with Crippen LogP contribution < -0.4 is 15.4 Å². The fourth-order valence-electron chi connectivity index (χ4n) is 1.40. The van der Waals surface area contributed by atoms with Crippen molar-refractivity contribution >= 4 is 27.3 Å². The third kappa shape index (κ3) is 8.15. The average Bonchev–Trinajstić information content (AvgIpc) is 2.24. The van der Waals surface area contributed by atoms with E-state index < -0.39 is 35.2 Å². The monoisotopic (exact) mass is 325 g/mol. The molecule has 0 aliphatic carbocycles. The van der Waals surface area contributed by atoms with E-state index in [2.05, 4.69) is 10.0 Å². The van der Waals surface area contributed by atoms with E-state index in [0.29, 0.717) is 0 Å². The minimum atomic E-state index is -4.39. The van der Waals surface area contributed by atoms with E-state index in [-0.39, 0.29) is 11.4 Å². The van der Waals surface area contributed by atoms with Crippen molar-refractivity contribution in [3.8, 4) is 0 Å². The highest BCUT2D eigenvalue weighted by Gasteiger charge is 2.26. The highest BCUT2D eigenvalue weighted by Crippen LogP contribution is 2.16. The first kappa shape index (κ1) is 17.2. The molecule has 118 valence electrons. The zero-order valence-electron chi connectivity index (χ0n) is 11.0. The third-order valence-corrected chi connectivity index (χ3v) is 2.67. The predicted molar refractivity (Wildman–Crippen MR) is 72.5 cm³/mol. The number of alkyl halides is 3. The van der Waals surface area contributed by atoms with E-state index in [1.165, 1.54) is 24.3 Å². The van der Waals surface area contributed by atoms with Crippen LogP contribution in [0.4, 0.5) is 24.5 Å². The summed E-state index contributed by atoms with van der Waals surface area (Å²) < 4.78 is 60.0. The van der Waals surface area contributed by atoms with Crippen molar-refractivity contribution in [2.75, 3.05) is 29.4 Å². The summed E-state index contributed by atoms with van der Waals surface area (Å²) in [6, 6.07) is 5.79. The van der Waals surface area contributed by atoms with Crippen LogP contribution in [0.1, 0.15) is 0 Å². The molecule has 0 saturated heterocycles. The van der Waals surface area contributed by atoms with Crippen LogP contribution >= 0.6 is 0 Å². The molecule has 0 aliphatic heterocycles. The molecule has 0 aliphatic rings. The molecule has 0 fully saturated rings. The second-order valence-corrected chi connectivity index (χ2v) is 5.97. The summed E-state index contributed by atoms with van der Waals surface area (Å²) in [6.07, 6.45) is -3.42. The Balaban J connectivity index is 2.55. The lowest BCUT2D eigenvalue weighted by Gasteiger charge is -2.10. The van der Waals surface area contributed by atoms with Crippen molar-refractivity contribution in [1.82, 2.24) is 5.32 Å². The first-order valence-electron chi connectivity index (χ1n) is 5.70. The van der Waals surface area contributed by atoms with Crippen LogP contribution in [0.3, 0.4) is 0 Å². The summed E-state index contributed by atoms with van der Waals surface area (Å²) in [5.41, 5.74) is 0.501. The Labute approximate surface area is 119 Å². The van der Waals surface area contributed by atoms with Crippen molar-refractivity contribution in [1.29, 1.82) is 0 Å². The van der Waals surface area contributed by atoms with Gasteiger partial charge in [-0.05, 0) is 18.2 Å². The molecule has 6 nitrogen and oxygen atoms in total. The molecular formula is C11H14F3N3O3S. The van der Waals surface area contributed by atoms with Gasteiger partial charge < -0.3 is 10.6 Å². The number of benzene rings is 1. The minimum Gasteiger partial charge on any atom is -0.325 e. The Kier molecular flexibility index (Phi) is 5.55. The Morgan fingerprint density at radius 1 is 1.24 bits per heavy atom. The second kappa shape index (κ2) is 6.76. The summed E-state index contributed by atoms with van der Waals surface area (Å²) in [6.45, 7) is -1.78. The highest BCUT2D eigenvalue weighted by atomic mass is 32.2. The lowest BCUT2D eigenvalue weighted by atomic mass is 10.3. The number of hydrogen-bond donors (Lipinski definition) is 3. The molecule has 0 saturated carbocycles. The maximum atomic E-state index is 11.9. The lowest BCUT2D eigenvalue weighted by molar-refractivity contribution is -0.126. The van der Waals surface area contributed by atoms with Crippen molar-refractivity contribution in [3.05, 3.63) is 24.3 Å². The number of halogens is 3. The van der Waals surface area contributed by atoms with E-state index in [1.807, 2.05) is 5.32 Å². The largest absolute Gasteiger partial charge is 0.401 e. The molecule has 0 atom stereocenters. The zero-order chi connectivity index (χ0) is 16.1. The summed E-state index contributed by atoms with van der Waals surface area (Å²) in [5.74, 6) is -0.671. The van der Waals surface area contributed by atoms with Gasteiger partial charge >= 0.3 is 6.18 Å². The van der Waals surface area contributed by atoms with Gasteiger partial charge in [0.2, 0.25) is 15.9 Å². The van der Waals surface area contributed by atoms with Gasteiger partial charge in [-0.2, -0.15) is 13.2 Å². The molecule has 1 aromatic carbocycles. The maximum Gasteiger partial charge on any atom is 0.401 e. The SMILES string of the molecule is CS(=O)(=O)Nc1cccc(NC(=O)CNCC(F)(F)F)c1. The number of carbonyl (C=O) groups is 1. The summed E-state index contributed by atoms with van der Waals surface area (Å²) in [5, 5.41) is 4.30. The van der Waals surface area contributed by atoms with Crippen LogP contribution in [0.15, 0.2) is 24.3 Å². The number of sulfonamides is 1. The van der Waals surface area contributed by atoms with Gasteiger partial charge in [-0.15, -0.1) is 0 Å². The van der Waals surface area contributed by atoms with Crippen molar-refractivity contribution in [2.45, 2.75) is 6.18 Å². The second-order valence-electron chi connectivity index (χ2n) is 4.22. The zero-order valence-corrected chi connectivity index (χ0v) is 11.8. The molecule has 1 aromatic rings. The van der Waals surface area contributed by atoms with Gasteiger partial charge in [0.15, 0.2) is 0 Å². The van der Waals surface area contributed by atoms with Crippen LogP contribution in [0, 0.1) is 0 Å². The fourth-order valence-corrected chi connectivity index (χ4v) is 1.95. The minimum absolute atomic E-state index is 0.235. The van der Waals surface area contributed by atoms with Gasteiger partial charge in [0, 0.05) is 5.69 Å². The van der Waals surface area contributed by atoms with Crippen LogP contribution in [0.5, 0.6) is 0 Å².